The van der Waals surface area contributed by atoms with E-state index in [4.69, 9.17) is 20.3 Å². The Morgan fingerprint density at radius 1 is 1.14 bits per heavy atom. The maximum absolute atomic E-state index is 13.0. The Morgan fingerprint density at radius 2 is 1.86 bits per heavy atom. The molecule has 0 saturated heterocycles. The summed E-state index contributed by atoms with van der Waals surface area (Å²) in [6.07, 6.45) is -0.403. The summed E-state index contributed by atoms with van der Waals surface area (Å²) in [7, 11) is 1.53. The normalized spacial score (nSPS) is 12.0. The first-order valence-electron chi connectivity index (χ1n) is 6.58. The van der Waals surface area contributed by atoms with Gasteiger partial charge in [0.2, 0.25) is 0 Å². The zero-order chi connectivity index (χ0) is 15.2. The van der Waals surface area contributed by atoms with Gasteiger partial charge in [-0.15, -0.1) is 0 Å². The van der Waals surface area contributed by atoms with Crippen LogP contribution in [0.4, 0.5) is 4.39 Å². The number of nitrogens with two attached hydrogens (primary N) is 1. The maximum atomic E-state index is 13.0. The zero-order valence-corrected chi connectivity index (χ0v) is 11.8. The standard InChI is InChI=1S/C16H18FNO3/c1-20-15-8-11(10-19)2-7-14(15)21-16(9-18)12-3-5-13(17)6-4-12/h2-8,16,19H,9-10,18H2,1H3. The van der Waals surface area contributed by atoms with Crippen molar-refractivity contribution in [2.75, 3.05) is 13.7 Å². The monoisotopic (exact) mass is 291 g/mol. The molecule has 0 fully saturated rings. The SMILES string of the molecule is COc1cc(CO)ccc1OC(CN)c1ccc(F)cc1. The molecule has 0 aliphatic heterocycles. The van der Waals surface area contributed by atoms with Gasteiger partial charge in [-0.2, -0.15) is 0 Å². The molecule has 3 N–H and O–H groups in total. The third-order valence-corrected chi connectivity index (χ3v) is 3.14. The highest BCUT2D eigenvalue weighted by Crippen LogP contribution is 2.32. The van der Waals surface area contributed by atoms with E-state index in [9.17, 15) is 4.39 Å². The van der Waals surface area contributed by atoms with E-state index in [-0.39, 0.29) is 19.0 Å². The van der Waals surface area contributed by atoms with Crippen LogP contribution in [0.5, 0.6) is 11.5 Å². The number of benzene rings is 2. The predicted molar refractivity (Wildman–Crippen MR) is 77.7 cm³/mol. The molecule has 2 aromatic rings. The van der Waals surface area contributed by atoms with Gasteiger partial charge in [0.1, 0.15) is 11.9 Å². The van der Waals surface area contributed by atoms with Gasteiger partial charge in [0.05, 0.1) is 13.7 Å². The molecule has 0 spiro atoms. The first-order chi connectivity index (χ1) is 10.2. The minimum atomic E-state index is -0.403. The molecular formula is C16H18FNO3. The van der Waals surface area contributed by atoms with Gasteiger partial charge in [-0.05, 0) is 35.4 Å². The van der Waals surface area contributed by atoms with Crippen molar-refractivity contribution >= 4 is 0 Å². The third kappa shape index (κ3) is 3.71. The lowest BCUT2D eigenvalue weighted by molar-refractivity contribution is 0.204. The van der Waals surface area contributed by atoms with Gasteiger partial charge >= 0.3 is 0 Å². The van der Waals surface area contributed by atoms with E-state index in [1.165, 1.54) is 19.2 Å². The van der Waals surface area contributed by atoms with Gasteiger partial charge in [-0.1, -0.05) is 18.2 Å². The molecule has 21 heavy (non-hydrogen) atoms. The molecule has 0 heterocycles. The Labute approximate surface area is 122 Å². The van der Waals surface area contributed by atoms with Gasteiger partial charge in [0, 0.05) is 6.54 Å². The second-order valence-corrected chi connectivity index (χ2v) is 4.54. The minimum absolute atomic E-state index is 0.0745. The Hall–Kier alpha value is -2.11. The molecule has 2 rings (SSSR count). The van der Waals surface area contributed by atoms with Crippen LogP contribution in [0, 0.1) is 5.82 Å². The van der Waals surface area contributed by atoms with Gasteiger partial charge in [-0.3, -0.25) is 0 Å². The molecule has 1 atom stereocenters. The van der Waals surface area contributed by atoms with Crippen LogP contribution >= 0.6 is 0 Å². The Kier molecular flexibility index (Phi) is 5.14. The fraction of sp³-hybridized carbons (Fsp3) is 0.250. The third-order valence-electron chi connectivity index (χ3n) is 3.14. The lowest BCUT2D eigenvalue weighted by Crippen LogP contribution is -2.18. The van der Waals surface area contributed by atoms with Crippen LogP contribution in [0.2, 0.25) is 0 Å². The summed E-state index contributed by atoms with van der Waals surface area (Å²) in [5, 5.41) is 9.13. The summed E-state index contributed by atoms with van der Waals surface area (Å²) in [4.78, 5) is 0. The fourth-order valence-electron chi connectivity index (χ4n) is 1.99. The molecule has 0 aromatic heterocycles. The first-order valence-corrected chi connectivity index (χ1v) is 6.58. The molecule has 0 aliphatic rings. The van der Waals surface area contributed by atoms with Crippen LogP contribution in [0.25, 0.3) is 0 Å². The molecule has 5 heteroatoms. The average Bonchev–Trinajstić information content (AvgIpc) is 2.53. The van der Waals surface area contributed by atoms with Crippen LogP contribution in [0.3, 0.4) is 0 Å². The smallest absolute Gasteiger partial charge is 0.162 e. The van der Waals surface area contributed by atoms with E-state index in [2.05, 4.69) is 0 Å². The van der Waals surface area contributed by atoms with E-state index >= 15 is 0 Å². The molecule has 0 radical (unpaired) electrons. The molecule has 0 amide bonds. The number of halogens is 1. The van der Waals surface area contributed by atoms with Crippen molar-refractivity contribution in [2.24, 2.45) is 5.73 Å². The molecule has 0 saturated carbocycles. The number of methoxy groups -OCH3 is 1. The highest BCUT2D eigenvalue weighted by Gasteiger charge is 2.15. The van der Waals surface area contributed by atoms with Crippen molar-refractivity contribution in [3.05, 3.63) is 59.4 Å². The summed E-state index contributed by atoms with van der Waals surface area (Å²) >= 11 is 0. The highest BCUT2D eigenvalue weighted by molar-refractivity contribution is 5.43. The Bertz CT molecular complexity index is 587. The number of hydrogen-bond donors (Lipinski definition) is 2. The van der Waals surface area contributed by atoms with E-state index < -0.39 is 6.10 Å². The molecule has 0 bridgehead atoms. The molecule has 112 valence electrons. The molecular weight excluding hydrogens is 273 g/mol. The van der Waals surface area contributed by atoms with Gasteiger partial charge < -0.3 is 20.3 Å². The number of aliphatic hydroxyl groups is 1. The van der Waals surface area contributed by atoms with Crippen molar-refractivity contribution in [1.82, 2.24) is 0 Å². The van der Waals surface area contributed by atoms with Crippen LogP contribution < -0.4 is 15.2 Å². The van der Waals surface area contributed by atoms with Crippen LogP contribution in [0.1, 0.15) is 17.2 Å². The maximum Gasteiger partial charge on any atom is 0.162 e. The highest BCUT2D eigenvalue weighted by atomic mass is 19.1. The second kappa shape index (κ2) is 7.06. The summed E-state index contributed by atoms with van der Waals surface area (Å²) in [6.45, 7) is 0.172. The van der Waals surface area contributed by atoms with E-state index in [0.29, 0.717) is 11.5 Å². The molecule has 0 aliphatic carbocycles. The van der Waals surface area contributed by atoms with Gasteiger partial charge in [0.25, 0.3) is 0 Å². The first kappa shape index (κ1) is 15.3. The van der Waals surface area contributed by atoms with Crippen molar-refractivity contribution in [3.63, 3.8) is 0 Å². The minimum Gasteiger partial charge on any atom is -0.493 e. The van der Waals surface area contributed by atoms with Crippen molar-refractivity contribution in [2.45, 2.75) is 12.7 Å². The van der Waals surface area contributed by atoms with Crippen molar-refractivity contribution in [3.8, 4) is 11.5 Å². The largest absolute Gasteiger partial charge is 0.493 e. The Morgan fingerprint density at radius 3 is 2.43 bits per heavy atom. The second-order valence-electron chi connectivity index (χ2n) is 4.54. The van der Waals surface area contributed by atoms with Crippen molar-refractivity contribution < 1.29 is 19.0 Å². The molecule has 4 nitrogen and oxygen atoms in total. The number of rotatable bonds is 6. The number of hydrogen-bond acceptors (Lipinski definition) is 4. The van der Waals surface area contributed by atoms with Crippen LogP contribution in [-0.2, 0) is 6.61 Å². The van der Waals surface area contributed by atoms with Gasteiger partial charge in [0.15, 0.2) is 11.5 Å². The lowest BCUT2D eigenvalue weighted by Gasteiger charge is -2.20. The quantitative estimate of drug-likeness (QED) is 0.858. The summed E-state index contributed by atoms with van der Waals surface area (Å²) in [5.41, 5.74) is 7.25. The molecule has 1 unspecified atom stereocenters. The topological polar surface area (TPSA) is 64.7 Å². The number of aliphatic hydroxyl groups excluding tert-OH is 1. The van der Waals surface area contributed by atoms with E-state index in [1.54, 1.807) is 30.3 Å². The van der Waals surface area contributed by atoms with Crippen LogP contribution in [-0.4, -0.2) is 18.8 Å². The lowest BCUT2D eigenvalue weighted by atomic mass is 10.1. The van der Waals surface area contributed by atoms with Gasteiger partial charge in [-0.25, -0.2) is 4.39 Å². The van der Waals surface area contributed by atoms with E-state index in [1.807, 2.05) is 0 Å². The number of ether oxygens (including phenoxy) is 2. The fourth-order valence-corrected chi connectivity index (χ4v) is 1.99. The summed E-state index contributed by atoms with van der Waals surface area (Å²) < 4.78 is 24.1. The van der Waals surface area contributed by atoms with E-state index in [0.717, 1.165) is 11.1 Å². The molecule has 2 aromatic carbocycles. The predicted octanol–water partition coefficient (Wildman–Crippen LogP) is 2.41. The zero-order valence-electron chi connectivity index (χ0n) is 11.8. The average molecular weight is 291 g/mol. The van der Waals surface area contributed by atoms with Crippen LogP contribution in [0.15, 0.2) is 42.5 Å². The Balaban J connectivity index is 2.24. The summed E-state index contributed by atoms with van der Waals surface area (Å²) in [5.74, 6) is 0.732. The van der Waals surface area contributed by atoms with Crippen molar-refractivity contribution in [1.29, 1.82) is 0 Å². The summed E-state index contributed by atoms with van der Waals surface area (Å²) in [6, 6.07) is 11.2.